The van der Waals surface area contributed by atoms with E-state index in [1.54, 1.807) is 0 Å². The van der Waals surface area contributed by atoms with E-state index in [2.05, 4.69) is 56.0 Å². The van der Waals surface area contributed by atoms with Crippen molar-refractivity contribution in [1.82, 2.24) is 4.90 Å². The predicted molar refractivity (Wildman–Crippen MR) is 76.1 cm³/mol. The zero-order valence-corrected chi connectivity index (χ0v) is 11.6. The minimum absolute atomic E-state index is 1.15. The van der Waals surface area contributed by atoms with Crippen LogP contribution in [0.15, 0.2) is 30.3 Å². The molecule has 1 aromatic carbocycles. The molecule has 0 saturated carbocycles. The molecule has 1 radical (unpaired) electrons. The second-order valence-corrected chi connectivity index (χ2v) is 5.07. The maximum absolute atomic E-state index is 2.58. The zero-order chi connectivity index (χ0) is 12.5. The summed E-state index contributed by atoms with van der Waals surface area (Å²) in [5.74, 6) is 1.51. The number of unbranched alkanes of at least 4 members (excludes halogenated alkanes) is 1. The Bertz CT molecular complexity index is 279. The Kier molecular flexibility index (Phi) is 6.95. The van der Waals surface area contributed by atoms with E-state index >= 15 is 0 Å². The van der Waals surface area contributed by atoms with Crippen LogP contribution in [0.5, 0.6) is 0 Å². The van der Waals surface area contributed by atoms with Gasteiger partial charge in [0.1, 0.15) is 0 Å². The van der Waals surface area contributed by atoms with Gasteiger partial charge in [-0.05, 0) is 30.9 Å². The topological polar surface area (TPSA) is 3.24 Å². The van der Waals surface area contributed by atoms with Crippen LogP contribution in [0.2, 0.25) is 0 Å². The summed E-state index contributed by atoms with van der Waals surface area (Å²) in [6, 6.07) is 10.8. The molecule has 0 unspecified atom stereocenters. The molecule has 0 aliphatic rings. The van der Waals surface area contributed by atoms with E-state index < -0.39 is 0 Å². The Morgan fingerprint density at radius 2 is 1.76 bits per heavy atom. The average molecular weight is 232 g/mol. The maximum Gasteiger partial charge on any atom is 0.00384 e. The lowest BCUT2D eigenvalue weighted by atomic mass is 10.1. The fraction of sp³-hybridized carbons (Fsp3) is 0.562. The molecule has 0 bridgehead atoms. The summed E-state index contributed by atoms with van der Waals surface area (Å²) in [5.41, 5.74) is 1.45. The minimum atomic E-state index is 1.15. The third kappa shape index (κ3) is 6.48. The second-order valence-electron chi connectivity index (χ2n) is 5.07. The van der Waals surface area contributed by atoms with Crippen LogP contribution in [-0.4, -0.2) is 24.5 Å². The zero-order valence-electron chi connectivity index (χ0n) is 11.6. The van der Waals surface area contributed by atoms with Gasteiger partial charge in [0.05, 0.1) is 0 Å². The summed E-state index contributed by atoms with van der Waals surface area (Å²) in [7, 11) is 0. The molecule has 0 heterocycles. The van der Waals surface area contributed by atoms with Crippen LogP contribution < -0.4 is 0 Å². The van der Waals surface area contributed by atoms with Crippen LogP contribution >= 0.6 is 0 Å². The monoisotopic (exact) mass is 232 g/mol. The molecule has 95 valence electrons. The van der Waals surface area contributed by atoms with Gasteiger partial charge in [-0.2, -0.15) is 0 Å². The van der Waals surface area contributed by atoms with Gasteiger partial charge in [0.15, 0.2) is 0 Å². The van der Waals surface area contributed by atoms with Gasteiger partial charge in [-0.25, -0.2) is 0 Å². The van der Waals surface area contributed by atoms with Gasteiger partial charge in [0, 0.05) is 13.1 Å². The van der Waals surface area contributed by atoms with Crippen LogP contribution in [0.1, 0.15) is 39.2 Å². The van der Waals surface area contributed by atoms with Crippen molar-refractivity contribution < 1.29 is 0 Å². The predicted octanol–water partition coefficient (Wildman–Crippen LogP) is 3.95. The van der Waals surface area contributed by atoms with Gasteiger partial charge in [0.2, 0.25) is 0 Å². The van der Waals surface area contributed by atoms with Gasteiger partial charge in [-0.1, -0.05) is 57.5 Å². The molecule has 0 aromatic heterocycles. The Morgan fingerprint density at radius 1 is 1.06 bits per heavy atom. The summed E-state index contributed by atoms with van der Waals surface area (Å²) in [6.45, 7) is 10.3. The Balaban J connectivity index is 2.37. The van der Waals surface area contributed by atoms with Crippen molar-refractivity contribution in [2.75, 3.05) is 19.6 Å². The molecule has 0 saturated heterocycles. The van der Waals surface area contributed by atoms with Crippen molar-refractivity contribution in [3.8, 4) is 0 Å². The highest BCUT2D eigenvalue weighted by Gasteiger charge is 2.07. The quantitative estimate of drug-likeness (QED) is 0.656. The molecule has 1 heteroatoms. The fourth-order valence-electron chi connectivity index (χ4n) is 2.03. The number of rotatable bonds is 8. The first-order valence-electron chi connectivity index (χ1n) is 6.77. The van der Waals surface area contributed by atoms with Crippen LogP contribution in [0.3, 0.4) is 0 Å². The first-order chi connectivity index (χ1) is 8.22. The lowest BCUT2D eigenvalue weighted by molar-refractivity contribution is 0.283. The Labute approximate surface area is 107 Å². The van der Waals surface area contributed by atoms with Gasteiger partial charge in [0.25, 0.3) is 0 Å². The summed E-state index contributed by atoms with van der Waals surface area (Å²) in [6.07, 6.45) is 3.75. The molecular weight excluding hydrogens is 206 g/mol. The number of hydrogen-bond donors (Lipinski definition) is 0. The molecule has 17 heavy (non-hydrogen) atoms. The SMILES string of the molecule is CCCCN(CCc1ccccc1)C[C](C)C. The number of nitrogens with zero attached hydrogens (tertiary/aromatic N) is 1. The van der Waals surface area contributed by atoms with Crippen LogP contribution in [0.25, 0.3) is 0 Å². The van der Waals surface area contributed by atoms with E-state index in [4.69, 9.17) is 0 Å². The number of hydrogen-bond acceptors (Lipinski definition) is 1. The molecule has 0 spiro atoms. The highest BCUT2D eigenvalue weighted by Crippen LogP contribution is 2.06. The van der Waals surface area contributed by atoms with Crippen LogP contribution in [0, 0.1) is 5.92 Å². The van der Waals surface area contributed by atoms with Crippen molar-refractivity contribution in [2.45, 2.75) is 40.0 Å². The largest absolute Gasteiger partial charge is 0.302 e. The molecule has 0 aliphatic carbocycles. The van der Waals surface area contributed by atoms with Gasteiger partial charge in [-0.3, -0.25) is 0 Å². The molecule has 1 aromatic rings. The third-order valence-electron chi connectivity index (χ3n) is 2.93. The Morgan fingerprint density at radius 3 is 2.35 bits per heavy atom. The first-order valence-corrected chi connectivity index (χ1v) is 6.77. The van der Waals surface area contributed by atoms with Gasteiger partial charge in [-0.15, -0.1) is 0 Å². The van der Waals surface area contributed by atoms with Crippen molar-refractivity contribution in [2.24, 2.45) is 0 Å². The highest BCUT2D eigenvalue weighted by atomic mass is 15.1. The first kappa shape index (κ1) is 14.2. The van der Waals surface area contributed by atoms with Crippen molar-refractivity contribution in [1.29, 1.82) is 0 Å². The van der Waals surface area contributed by atoms with Gasteiger partial charge < -0.3 is 4.90 Å². The molecule has 0 atom stereocenters. The number of benzene rings is 1. The average Bonchev–Trinajstić information content (AvgIpc) is 2.33. The third-order valence-corrected chi connectivity index (χ3v) is 2.93. The van der Waals surface area contributed by atoms with E-state index in [1.165, 1.54) is 37.4 Å². The standard InChI is InChI=1S/C16H26N/c1-4-5-12-17(14-15(2)3)13-11-16-9-7-6-8-10-16/h6-10H,4-5,11-14H2,1-3H3. The molecule has 1 nitrogen and oxygen atoms in total. The molecular formula is C16H26N. The fourth-order valence-corrected chi connectivity index (χ4v) is 2.03. The van der Waals surface area contributed by atoms with E-state index in [0.29, 0.717) is 0 Å². The summed E-state index contributed by atoms with van der Waals surface area (Å²) in [5, 5.41) is 0. The maximum atomic E-state index is 2.58. The highest BCUT2D eigenvalue weighted by molar-refractivity contribution is 5.14. The minimum Gasteiger partial charge on any atom is -0.302 e. The van der Waals surface area contributed by atoms with Crippen molar-refractivity contribution in [3.63, 3.8) is 0 Å². The lowest BCUT2D eigenvalue weighted by Gasteiger charge is -2.23. The van der Waals surface area contributed by atoms with Gasteiger partial charge >= 0.3 is 0 Å². The molecule has 0 aliphatic heterocycles. The van der Waals surface area contributed by atoms with Crippen LogP contribution in [-0.2, 0) is 6.42 Å². The summed E-state index contributed by atoms with van der Waals surface area (Å²) in [4.78, 5) is 2.58. The van der Waals surface area contributed by atoms with E-state index in [0.717, 1.165) is 13.0 Å². The summed E-state index contributed by atoms with van der Waals surface area (Å²) >= 11 is 0. The van der Waals surface area contributed by atoms with Crippen molar-refractivity contribution in [3.05, 3.63) is 41.8 Å². The molecule has 0 N–H and O–H groups in total. The molecule has 1 rings (SSSR count). The summed E-state index contributed by atoms with van der Waals surface area (Å²) < 4.78 is 0. The molecule has 0 fully saturated rings. The van der Waals surface area contributed by atoms with E-state index in [9.17, 15) is 0 Å². The lowest BCUT2D eigenvalue weighted by Crippen LogP contribution is -2.30. The van der Waals surface area contributed by atoms with E-state index in [1.807, 2.05) is 0 Å². The molecule has 0 amide bonds. The second kappa shape index (κ2) is 8.30. The Hall–Kier alpha value is -0.820. The van der Waals surface area contributed by atoms with Crippen molar-refractivity contribution >= 4 is 0 Å². The smallest absolute Gasteiger partial charge is 0.00384 e. The normalized spacial score (nSPS) is 11.4. The van der Waals surface area contributed by atoms with E-state index in [-0.39, 0.29) is 0 Å². The van der Waals surface area contributed by atoms with Crippen LogP contribution in [0.4, 0.5) is 0 Å².